The van der Waals surface area contributed by atoms with Gasteiger partial charge in [-0.2, -0.15) is 0 Å². The van der Waals surface area contributed by atoms with Gasteiger partial charge in [-0.1, -0.05) is 18.2 Å². The minimum atomic E-state index is -0.0235. The SMILES string of the molecule is O=C(C1CCOCC1)N(Cc1ccco1)Cc1ccccc1O. The summed E-state index contributed by atoms with van der Waals surface area (Å²) in [4.78, 5) is 14.6. The third-order valence-electron chi connectivity index (χ3n) is 4.16. The molecule has 1 N–H and O–H groups in total. The normalized spacial score (nSPS) is 15.5. The lowest BCUT2D eigenvalue weighted by Gasteiger charge is -2.29. The Morgan fingerprint density at radius 1 is 1.13 bits per heavy atom. The fraction of sp³-hybridized carbons (Fsp3) is 0.389. The maximum atomic E-state index is 12.9. The molecule has 1 aromatic carbocycles. The van der Waals surface area contributed by atoms with Gasteiger partial charge in [-0.15, -0.1) is 0 Å². The number of benzene rings is 1. The summed E-state index contributed by atoms with van der Waals surface area (Å²) in [5.41, 5.74) is 0.736. The second-order valence-corrected chi connectivity index (χ2v) is 5.79. The van der Waals surface area contributed by atoms with Crippen LogP contribution in [0.25, 0.3) is 0 Å². The van der Waals surface area contributed by atoms with E-state index in [0.29, 0.717) is 26.3 Å². The quantitative estimate of drug-likeness (QED) is 0.921. The number of hydrogen-bond donors (Lipinski definition) is 1. The molecule has 0 aliphatic carbocycles. The van der Waals surface area contributed by atoms with Gasteiger partial charge in [0.2, 0.25) is 5.91 Å². The van der Waals surface area contributed by atoms with Crippen LogP contribution in [0.4, 0.5) is 0 Å². The Bertz CT molecular complexity index is 632. The van der Waals surface area contributed by atoms with Crippen molar-refractivity contribution in [1.29, 1.82) is 0 Å². The Hall–Kier alpha value is -2.27. The number of amides is 1. The molecule has 122 valence electrons. The van der Waals surface area contributed by atoms with Gasteiger partial charge >= 0.3 is 0 Å². The highest BCUT2D eigenvalue weighted by Crippen LogP contribution is 2.24. The summed E-state index contributed by atoms with van der Waals surface area (Å²) < 4.78 is 10.7. The molecule has 0 bridgehead atoms. The van der Waals surface area contributed by atoms with Crippen LogP contribution in [0.1, 0.15) is 24.2 Å². The van der Waals surface area contributed by atoms with Crippen LogP contribution in [-0.4, -0.2) is 29.1 Å². The summed E-state index contributed by atoms with van der Waals surface area (Å²) in [6.07, 6.45) is 3.09. The van der Waals surface area contributed by atoms with Crippen molar-refractivity contribution in [2.75, 3.05) is 13.2 Å². The first-order valence-electron chi connectivity index (χ1n) is 7.90. The van der Waals surface area contributed by atoms with E-state index in [-0.39, 0.29) is 17.6 Å². The van der Waals surface area contributed by atoms with Gasteiger partial charge in [0.25, 0.3) is 0 Å². The minimum Gasteiger partial charge on any atom is -0.508 e. The number of furan rings is 1. The number of nitrogens with zero attached hydrogens (tertiary/aromatic N) is 1. The number of rotatable bonds is 5. The van der Waals surface area contributed by atoms with Crippen molar-refractivity contribution in [1.82, 2.24) is 4.90 Å². The van der Waals surface area contributed by atoms with Gasteiger partial charge in [0.1, 0.15) is 11.5 Å². The van der Waals surface area contributed by atoms with Crippen molar-refractivity contribution >= 4 is 5.91 Å². The first-order valence-corrected chi connectivity index (χ1v) is 7.90. The Labute approximate surface area is 135 Å². The molecular weight excluding hydrogens is 294 g/mol. The van der Waals surface area contributed by atoms with Crippen molar-refractivity contribution in [3.63, 3.8) is 0 Å². The maximum Gasteiger partial charge on any atom is 0.226 e. The second-order valence-electron chi connectivity index (χ2n) is 5.79. The number of ether oxygens (including phenoxy) is 1. The molecule has 1 aromatic heterocycles. The van der Waals surface area contributed by atoms with E-state index < -0.39 is 0 Å². The maximum absolute atomic E-state index is 12.9. The van der Waals surface area contributed by atoms with E-state index in [0.717, 1.165) is 24.2 Å². The molecule has 1 amide bonds. The van der Waals surface area contributed by atoms with Gasteiger partial charge in [-0.25, -0.2) is 0 Å². The Balaban J connectivity index is 1.78. The van der Waals surface area contributed by atoms with E-state index in [4.69, 9.17) is 9.15 Å². The average Bonchev–Trinajstić information content (AvgIpc) is 3.09. The van der Waals surface area contributed by atoms with Crippen LogP contribution in [0.2, 0.25) is 0 Å². The molecule has 1 aliphatic heterocycles. The van der Waals surface area contributed by atoms with Crippen molar-refractivity contribution < 1.29 is 19.1 Å². The fourth-order valence-corrected chi connectivity index (χ4v) is 2.86. The van der Waals surface area contributed by atoms with E-state index >= 15 is 0 Å². The zero-order valence-corrected chi connectivity index (χ0v) is 13.0. The van der Waals surface area contributed by atoms with Crippen LogP contribution in [0.5, 0.6) is 5.75 Å². The average molecular weight is 315 g/mol. The van der Waals surface area contributed by atoms with Gasteiger partial charge < -0.3 is 19.2 Å². The molecule has 0 atom stereocenters. The van der Waals surface area contributed by atoms with Gasteiger partial charge in [0.15, 0.2) is 0 Å². The standard InChI is InChI=1S/C18H21NO4/c20-17-6-2-1-4-15(17)12-19(13-16-5-3-9-23-16)18(21)14-7-10-22-11-8-14/h1-6,9,14,20H,7-8,10-13H2. The zero-order chi connectivity index (χ0) is 16.1. The largest absolute Gasteiger partial charge is 0.508 e. The third kappa shape index (κ3) is 3.93. The number of para-hydroxylation sites is 1. The van der Waals surface area contributed by atoms with E-state index in [9.17, 15) is 9.90 Å². The third-order valence-corrected chi connectivity index (χ3v) is 4.16. The lowest BCUT2D eigenvalue weighted by molar-refractivity contribution is -0.140. The van der Waals surface area contributed by atoms with E-state index in [2.05, 4.69) is 0 Å². The molecule has 1 saturated heterocycles. The molecular formula is C18H21NO4. The first-order chi connectivity index (χ1) is 11.2. The van der Waals surface area contributed by atoms with Gasteiger partial charge in [-0.05, 0) is 31.0 Å². The molecule has 5 nitrogen and oxygen atoms in total. The lowest BCUT2D eigenvalue weighted by atomic mass is 9.98. The highest BCUT2D eigenvalue weighted by atomic mass is 16.5. The van der Waals surface area contributed by atoms with E-state index in [1.54, 1.807) is 23.3 Å². The highest BCUT2D eigenvalue weighted by molar-refractivity contribution is 5.79. The fourth-order valence-electron chi connectivity index (χ4n) is 2.86. The molecule has 0 unspecified atom stereocenters. The summed E-state index contributed by atoms with van der Waals surface area (Å²) in [7, 11) is 0. The highest BCUT2D eigenvalue weighted by Gasteiger charge is 2.27. The molecule has 1 aliphatic rings. The summed E-state index contributed by atoms with van der Waals surface area (Å²) in [5.74, 6) is 1.01. The van der Waals surface area contributed by atoms with Crippen LogP contribution in [0, 0.1) is 5.92 Å². The number of hydrogen-bond acceptors (Lipinski definition) is 4. The molecule has 0 radical (unpaired) electrons. The smallest absolute Gasteiger partial charge is 0.226 e. The lowest BCUT2D eigenvalue weighted by Crippen LogP contribution is -2.37. The van der Waals surface area contributed by atoms with E-state index in [1.807, 2.05) is 24.3 Å². The number of carbonyl (C=O) groups is 1. The molecule has 2 aromatic rings. The number of phenolic OH excluding ortho intramolecular Hbond substituents is 1. The Kier molecular flexibility index (Phi) is 4.98. The van der Waals surface area contributed by atoms with Crippen molar-refractivity contribution in [3.05, 3.63) is 54.0 Å². The topological polar surface area (TPSA) is 62.9 Å². The van der Waals surface area contributed by atoms with Crippen molar-refractivity contribution in [2.45, 2.75) is 25.9 Å². The molecule has 5 heteroatoms. The van der Waals surface area contributed by atoms with Crippen molar-refractivity contribution in [3.8, 4) is 5.75 Å². The van der Waals surface area contributed by atoms with Crippen LogP contribution < -0.4 is 0 Å². The number of carbonyl (C=O) groups excluding carboxylic acids is 1. The molecule has 3 rings (SSSR count). The van der Waals surface area contributed by atoms with Gasteiger partial charge in [0, 0.05) is 31.2 Å². The molecule has 0 saturated carbocycles. The monoisotopic (exact) mass is 315 g/mol. The summed E-state index contributed by atoms with van der Waals surface area (Å²) >= 11 is 0. The van der Waals surface area contributed by atoms with Crippen LogP contribution >= 0.6 is 0 Å². The van der Waals surface area contributed by atoms with Crippen LogP contribution in [-0.2, 0) is 22.6 Å². The van der Waals surface area contributed by atoms with Gasteiger partial charge in [0.05, 0.1) is 12.8 Å². The predicted octanol–water partition coefficient (Wildman–Crippen LogP) is 2.94. The number of phenols is 1. The van der Waals surface area contributed by atoms with Crippen LogP contribution in [0.15, 0.2) is 47.1 Å². The molecule has 0 spiro atoms. The van der Waals surface area contributed by atoms with Crippen molar-refractivity contribution in [2.24, 2.45) is 5.92 Å². The Morgan fingerprint density at radius 3 is 2.61 bits per heavy atom. The molecule has 23 heavy (non-hydrogen) atoms. The Morgan fingerprint density at radius 2 is 1.91 bits per heavy atom. The van der Waals surface area contributed by atoms with Gasteiger partial charge in [-0.3, -0.25) is 4.79 Å². The summed E-state index contributed by atoms with van der Waals surface area (Å²) in [5, 5.41) is 10.00. The number of aromatic hydroxyl groups is 1. The minimum absolute atomic E-state index is 0.0235. The zero-order valence-electron chi connectivity index (χ0n) is 13.0. The predicted molar refractivity (Wildman–Crippen MR) is 84.6 cm³/mol. The van der Waals surface area contributed by atoms with Crippen LogP contribution in [0.3, 0.4) is 0 Å². The second kappa shape index (κ2) is 7.33. The van der Waals surface area contributed by atoms with E-state index in [1.165, 1.54) is 0 Å². The first kappa shape index (κ1) is 15.6. The summed E-state index contributed by atoms with van der Waals surface area (Å²) in [6, 6.07) is 10.8. The summed E-state index contributed by atoms with van der Waals surface area (Å²) in [6.45, 7) is 2.02. The molecule has 2 heterocycles. The molecule has 1 fully saturated rings.